The topological polar surface area (TPSA) is 94.0 Å². The molecule has 134 valence electrons. The molecule has 1 aliphatic rings. The number of aromatic nitrogens is 4. The molecule has 2 aromatic rings. The third kappa shape index (κ3) is 4.15. The van der Waals surface area contributed by atoms with Crippen LogP contribution in [0.1, 0.15) is 23.2 Å². The molecule has 2 heterocycles. The molecule has 0 spiro atoms. The summed E-state index contributed by atoms with van der Waals surface area (Å²) in [5.41, 5.74) is 1.09. The summed E-state index contributed by atoms with van der Waals surface area (Å²) in [6, 6.07) is 5.11. The van der Waals surface area contributed by atoms with E-state index in [1.807, 2.05) is 0 Å². The van der Waals surface area contributed by atoms with Crippen LogP contribution in [-0.4, -0.2) is 59.5 Å². The van der Waals surface area contributed by atoms with Crippen molar-refractivity contribution < 1.29 is 9.53 Å². The predicted octanol–water partition coefficient (Wildman–Crippen LogP) is 1.06. The highest BCUT2D eigenvalue weighted by molar-refractivity contribution is 6.34. The lowest BCUT2D eigenvalue weighted by molar-refractivity contribution is 0.0512. The number of benzene rings is 1. The van der Waals surface area contributed by atoms with Gasteiger partial charge in [-0.05, 0) is 54.6 Å². The number of piperidine rings is 1. The van der Waals surface area contributed by atoms with Gasteiger partial charge in [0.15, 0.2) is 0 Å². The number of tetrazole rings is 1. The zero-order valence-electron chi connectivity index (χ0n) is 14.0. The summed E-state index contributed by atoms with van der Waals surface area (Å²) in [5, 5.41) is 17.7. The average molecular weight is 365 g/mol. The van der Waals surface area contributed by atoms with E-state index in [0.717, 1.165) is 25.9 Å². The summed E-state index contributed by atoms with van der Waals surface area (Å²) < 4.78 is 6.86. The Morgan fingerprint density at radius 3 is 2.88 bits per heavy atom. The third-order valence-corrected chi connectivity index (χ3v) is 4.86. The van der Waals surface area contributed by atoms with E-state index in [9.17, 15) is 4.79 Å². The molecule has 25 heavy (non-hydrogen) atoms. The highest BCUT2D eigenvalue weighted by Gasteiger charge is 2.32. The number of hydrogen-bond donors (Lipinski definition) is 2. The first kappa shape index (κ1) is 17.8. The monoisotopic (exact) mass is 364 g/mol. The van der Waals surface area contributed by atoms with E-state index in [1.165, 1.54) is 11.0 Å². The second-order valence-corrected chi connectivity index (χ2v) is 6.69. The molecule has 1 aromatic heterocycles. The fourth-order valence-corrected chi connectivity index (χ4v) is 3.37. The molecule has 1 saturated heterocycles. The summed E-state index contributed by atoms with van der Waals surface area (Å²) in [6.45, 7) is 3.05. The van der Waals surface area contributed by atoms with Crippen molar-refractivity contribution in [1.29, 1.82) is 0 Å². The first-order valence-electron chi connectivity index (χ1n) is 8.14. The Morgan fingerprint density at radius 1 is 1.44 bits per heavy atom. The number of rotatable bonds is 6. The van der Waals surface area contributed by atoms with E-state index in [-0.39, 0.29) is 11.3 Å². The summed E-state index contributed by atoms with van der Waals surface area (Å²) in [4.78, 5) is 12.6. The molecule has 0 unspecified atom stereocenters. The van der Waals surface area contributed by atoms with E-state index >= 15 is 0 Å². The fourth-order valence-electron chi connectivity index (χ4n) is 3.11. The van der Waals surface area contributed by atoms with Gasteiger partial charge in [-0.1, -0.05) is 11.6 Å². The van der Waals surface area contributed by atoms with Crippen LogP contribution in [0.4, 0.5) is 0 Å². The van der Waals surface area contributed by atoms with Crippen LogP contribution < -0.4 is 10.6 Å². The maximum Gasteiger partial charge on any atom is 0.252 e. The Balaban J connectivity index is 1.68. The summed E-state index contributed by atoms with van der Waals surface area (Å²) in [7, 11) is 1.69. The largest absolute Gasteiger partial charge is 0.384 e. The van der Waals surface area contributed by atoms with Crippen LogP contribution in [0.2, 0.25) is 5.02 Å². The van der Waals surface area contributed by atoms with Crippen molar-refractivity contribution in [3.05, 3.63) is 35.1 Å². The summed E-state index contributed by atoms with van der Waals surface area (Å²) in [6.07, 6.45) is 3.40. The fraction of sp³-hybridized carbons (Fsp3) is 0.500. The number of carbonyl (C=O) groups is 1. The quantitative estimate of drug-likeness (QED) is 0.796. The van der Waals surface area contributed by atoms with Crippen molar-refractivity contribution in [3.8, 4) is 5.69 Å². The lowest BCUT2D eigenvalue weighted by Crippen LogP contribution is -2.47. The van der Waals surface area contributed by atoms with Crippen LogP contribution in [0, 0.1) is 5.41 Å². The second kappa shape index (κ2) is 7.90. The summed E-state index contributed by atoms with van der Waals surface area (Å²) in [5.74, 6) is -0.192. The number of amides is 1. The first-order valence-corrected chi connectivity index (χ1v) is 8.52. The van der Waals surface area contributed by atoms with Crippen molar-refractivity contribution >= 4 is 17.5 Å². The molecule has 8 nitrogen and oxygen atoms in total. The Bertz CT molecular complexity index is 710. The molecule has 3 rings (SSSR count). The van der Waals surface area contributed by atoms with Crippen molar-refractivity contribution in [1.82, 2.24) is 30.8 Å². The second-order valence-electron chi connectivity index (χ2n) is 6.28. The van der Waals surface area contributed by atoms with Gasteiger partial charge in [0.05, 0.1) is 22.9 Å². The zero-order chi connectivity index (χ0) is 17.7. The Kier molecular flexibility index (Phi) is 5.62. The smallest absolute Gasteiger partial charge is 0.252 e. The standard InChI is InChI=1S/C16H21ClN6O2/c1-25-10-16(4-6-18-7-5-16)9-19-15(24)13-3-2-12(8-14(13)17)23-11-20-21-22-23/h2-3,8,11,18H,4-7,9-10H2,1H3,(H,19,24). The van der Waals surface area contributed by atoms with Crippen molar-refractivity contribution in [2.24, 2.45) is 5.41 Å². The van der Waals surface area contributed by atoms with Crippen molar-refractivity contribution in [3.63, 3.8) is 0 Å². The minimum absolute atomic E-state index is 0.0333. The third-order valence-electron chi connectivity index (χ3n) is 4.55. The van der Waals surface area contributed by atoms with Crippen LogP contribution in [-0.2, 0) is 4.74 Å². The normalized spacial score (nSPS) is 16.6. The molecular weight excluding hydrogens is 344 g/mol. The van der Waals surface area contributed by atoms with Crippen molar-refractivity contribution in [2.75, 3.05) is 33.4 Å². The highest BCUT2D eigenvalue weighted by atomic mass is 35.5. The Morgan fingerprint density at radius 2 is 2.24 bits per heavy atom. The van der Waals surface area contributed by atoms with Gasteiger partial charge in [-0.2, -0.15) is 0 Å². The molecule has 0 atom stereocenters. The molecule has 1 aliphatic heterocycles. The summed E-state index contributed by atoms with van der Waals surface area (Å²) >= 11 is 6.28. The number of halogens is 1. The highest BCUT2D eigenvalue weighted by Crippen LogP contribution is 2.28. The zero-order valence-corrected chi connectivity index (χ0v) is 14.8. The first-order chi connectivity index (χ1) is 12.1. The lowest BCUT2D eigenvalue weighted by atomic mass is 9.79. The average Bonchev–Trinajstić information content (AvgIpc) is 3.15. The van der Waals surface area contributed by atoms with Gasteiger partial charge in [-0.15, -0.1) is 5.10 Å². The maximum atomic E-state index is 12.6. The van der Waals surface area contributed by atoms with Crippen molar-refractivity contribution in [2.45, 2.75) is 12.8 Å². The minimum Gasteiger partial charge on any atom is -0.384 e. The molecule has 1 fully saturated rings. The number of hydrogen-bond acceptors (Lipinski definition) is 6. The molecule has 0 saturated carbocycles. The number of carbonyl (C=O) groups excluding carboxylic acids is 1. The molecule has 9 heteroatoms. The number of methoxy groups -OCH3 is 1. The molecule has 2 N–H and O–H groups in total. The lowest BCUT2D eigenvalue weighted by Gasteiger charge is -2.37. The predicted molar refractivity (Wildman–Crippen MR) is 92.9 cm³/mol. The van der Waals surface area contributed by atoms with Gasteiger partial charge in [0.25, 0.3) is 5.91 Å². The van der Waals surface area contributed by atoms with Crippen LogP contribution in [0.5, 0.6) is 0 Å². The minimum atomic E-state index is -0.192. The van der Waals surface area contributed by atoms with Gasteiger partial charge in [0.1, 0.15) is 6.33 Å². The molecule has 0 radical (unpaired) electrons. The van der Waals surface area contributed by atoms with Gasteiger partial charge in [0.2, 0.25) is 0 Å². The Hall–Kier alpha value is -2.03. The van der Waals surface area contributed by atoms with Gasteiger partial charge < -0.3 is 15.4 Å². The van der Waals surface area contributed by atoms with E-state index in [0.29, 0.717) is 29.4 Å². The van der Waals surface area contributed by atoms with E-state index in [2.05, 4.69) is 26.2 Å². The maximum absolute atomic E-state index is 12.6. The van der Waals surface area contributed by atoms with Gasteiger partial charge in [-0.25, -0.2) is 4.68 Å². The van der Waals surface area contributed by atoms with E-state index in [4.69, 9.17) is 16.3 Å². The van der Waals surface area contributed by atoms with Crippen LogP contribution in [0.15, 0.2) is 24.5 Å². The number of ether oxygens (including phenoxy) is 1. The van der Waals surface area contributed by atoms with Gasteiger partial charge in [0, 0.05) is 19.1 Å². The number of nitrogens with one attached hydrogen (secondary N) is 2. The SMILES string of the molecule is COCC1(CNC(=O)c2ccc(-n3cnnn3)cc2Cl)CCNCC1. The van der Waals surface area contributed by atoms with E-state index < -0.39 is 0 Å². The molecule has 0 aliphatic carbocycles. The van der Waals surface area contributed by atoms with E-state index in [1.54, 1.807) is 25.3 Å². The molecule has 0 bridgehead atoms. The number of nitrogens with zero attached hydrogens (tertiary/aromatic N) is 4. The van der Waals surface area contributed by atoms with Crippen LogP contribution in [0.25, 0.3) is 5.69 Å². The molecule has 1 amide bonds. The van der Waals surface area contributed by atoms with Crippen LogP contribution >= 0.6 is 11.6 Å². The van der Waals surface area contributed by atoms with Gasteiger partial charge in [-0.3, -0.25) is 4.79 Å². The molecular formula is C16H21ClN6O2. The van der Waals surface area contributed by atoms with Crippen LogP contribution in [0.3, 0.4) is 0 Å². The Labute approximate surface area is 150 Å². The van der Waals surface area contributed by atoms with Gasteiger partial charge >= 0.3 is 0 Å². The molecule has 1 aromatic carbocycles.